The van der Waals surface area contributed by atoms with Crippen molar-refractivity contribution in [2.75, 3.05) is 13.1 Å². The molecule has 3 nitrogen and oxygen atoms in total. The van der Waals surface area contributed by atoms with Gasteiger partial charge in [0, 0.05) is 13.1 Å². The first-order valence-electron chi connectivity index (χ1n) is 8.90. The average Bonchev–Trinajstić information content (AvgIpc) is 2.64. The highest BCUT2D eigenvalue weighted by Gasteiger charge is 2.36. The Hall–Kier alpha value is -2.62. The Morgan fingerprint density at radius 2 is 1.68 bits per heavy atom. The molecular weight excluding hydrogens is 306 g/mol. The number of hydrogen-bond acceptors (Lipinski definition) is 3. The van der Waals surface area contributed by atoms with Gasteiger partial charge in [-0.15, -0.1) is 0 Å². The topological polar surface area (TPSA) is 50.8 Å². The zero-order valence-electron chi connectivity index (χ0n) is 14.8. The van der Waals surface area contributed by atoms with Crippen LogP contribution in [0, 0.1) is 34.5 Å². The highest BCUT2D eigenvalue weighted by molar-refractivity contribution is 5.41. The second kappa shape index (κ2) is 7.51. The second-order valence-corrected chi connectivity index (χ2v) is 6.97. The highest BCUT2D eigenvalue weighted by Crippen LogP contribution is 2.37. The molecule has 1 fully saturated rings. The van der Waals surface area contributed by atoms with Crippen LogP contribution in [0.1, 0.15) is 48.6 Å². The summed E-state index contributed by atoms with van der Waals surface area (Å²) < 4.78 is 0. The van der Waals surface area contributed by atoms with Crippen molar-refractivity contribution >= 4 is 0 Å². The lowest BCUT2D eigenvalue weighted by atomic mass is 9.82. The molecule has 1 saturated heterocycles. The maximum absolute atomic E-state index is 9.24. The minimum Gasteiger partial charge on any atom is -0.292 e. The van der Waals surface area contributed by atoms with E-state index in [0.717, 1.165) is 30.5 Å². The van der Waals surface area contributed by atoms with E-state index in [1.807, 2.05) is 42.5 Å². The van der Waals surface area contributed by atoms with Crippen molar-refractivity contribution in [2.45, 2.75) is 26.3 Å². The quantitative estimate of drug-likeness (QED) is 0.811. The molecule has 3 rings (SSSR count). The van der Waals surface area contributed by atoms with Gasteiger partial charge in [0.15, 0.2) is 0 Å². The van der Waals surface area contributed by atoms with E-state index in [1.165, 1.54) is 12.0 Å². The van der Waals surface area contributed by atoms with Crippen LogP contribution >= 0.6 is 0 Å². The Bertz CT molecular complexity index is 804. The zero-order chi connectivity index (χ0) is 17.8. The number of likely N-dealkylation sites (tertiary alicyclic amines) is 1. The summed E-state index contributed by atoms with van der Waals surface area (Å²) in [6, 6.07) is 20.3. The van der Waals surface area contributed by atoms with Crippen LogP contribution in [-0.2, 0) is 0 Å². The third kappa shape index (κ3) is 3.58. The van der Waals surface area contributed by atoms with Gasteiger partial charge in [-0.3, -0.25) is 4.90 Å². The summed E-state index contributed by atoms with van der Waals surface area (Å²) in [6.07, 6.45) is 1.21. The second-order valence-electron chi connectivity index (χ2n) is 6.97. The van der Waals surface area contributed by atoms with Gasteiger partial charge in [0.05, 0.1) is 29.3 Å². The standard InChI is InChI=1S/C22H23N3/c1-3-16(2)21-14-25(15-21)22(19-9-7-17(12-23)8-10-19)20-6-4-5-18(11-20)13-24/h4-11,16,21-22H,3,14-15H2,1-2H3/t16-,22?/m0/s1. The Morgan fingerprint density at radius 1 is 1.00 bits per heavy atom. The fraction of sp³-hybridized carbons (Fsp3) is 0.364. The molecule has 0 bridgehead atoms. The van der Waals surface area contributed by atoms with Crippen molar-refractivity contribution in [2.24, 2.45) is 11.8 Å². The zero-order valence-corrected chi connectivity index (χ0v) is 14.8. The van der Waals surface area contributed by atoms with Gasteiger partial charge in [0.2, 0.25) is 0 Å². The number of nitriles is 2. The van der Waals surface area contributed by atoms with Gasteiger partial charge in [-0.25, -0.2) is 0 Å². The van der Waals surface area contributed by atoms with E-state index >= 15 is 0 Å². The van der Waals surface area contributed by atoms with E-state index in [1.54, 1.807) is 0 Å². The minimum absolute atomic E-state index is 0.140. The minimum atomic E-state index is 0.140. The van der Waals surface area contributed by atoms with Crippen molar-refractivity contribution in [3.8, 4) is 12.1 Å². The van der Waals surface area contributed by atoms with E-state index in [0.29, 0.717) is 11.1 Å². The van der Waals surface area contributed by atoms with E-state index < -0.39 is 0 Å². The first-order chi connectivity index (χ1) is 12.2. The number of rotatable bonds is 5. The van der Waals surface area contributed by atoms with Crippen LogP contribution in [0.4, 0.5) is 0 Å². The largest absolute Gasteiger partial charge is 0.292 e. The van der Waals surface area contributed by atoms with Gasteiger partial charge in [-0.05, 0) is 47.2 Å². The van der Waals surface area contributed by atoms with Crippen molar-refractivity contribution in [1.29, 1.82) is 10.5 Å². The van der Waals surface area contributed by atoms with Crippen LogP contribution in [0.5, 0.6) is 0 Å². The molecular formula is C22H23N3. The number of hydrogen-bond donors (Lipinski definition) is 0. The molecule has 0 aliphatic carbocycles. The Morgan fingerprint density at radius 3 is 2.28 bits per heavy atom. The Balaban J connectivity index is 1.92. The molecule has 0 N–H and O–H groups in total. The normalized spacial score (nSPS) is 17.1. The molecule has 1 heterocycles. The molecule has 1 unspecified atom stereocenters. The molecule has 1 aliphatic rings. The smallest absolute Gasteiger partial charge is 0.0991 e. The maximum Gasteiger partial charge on any atom is 0.0991 e. The molecule has 2 atom stereocenters. The molecule has 3 heteroatoms. The van der Waals surface area contributed by atoms with Crippen LogP contribution in [0.15, 0.2) is 48.5 Å². The lowest BCUT2D eigenvalue weighted by Gasteiger charge is -2.47. The van der Waals surface area contributed by atoms with Gasteiger partial charge in [-0.1, -0.05) is 44.5 Å². The Labute approximate surface area is 150 Å². The van der Waals surface area contributed by atoms with Gasteiger partial charge in [0.25, 0.3) is 0 Å². The van der Waals surface area contributed by atoms with Crippen LogP contribution in [-0.4, -0.2) is 18.0 Å². The average molecular weight is 329 g/mol. The lowest BCUT2D eigenvalue weighted by molar-refractivity contribution is 0.0353. The number of nitrogens with zero attached hydrogens (tertiary/aromatic N) is 3. The molecule has 0 saturated carbocycles. The summed E-state index contributed by atoms with van der Waals surface area (Å²) in [4.78, 5) is 2.48. The summed E-state index contributed by atoms with van der Waals surface area (Å²) in [5, 5.41) is 18.3. The Kier molecular flexibility index (Phi) is 5.17. The molecule has 25 heavy (non-hydrogen) atoms. The van der Waals surface area contributed by atoms with Crippen molar-refractivity contribution in [1.82, 2.24) is 4.90 Å². The fourth-order valence-corrected chi connectivity index (χ4v) is 3.59. The van der Waals surface area contributed by atoms with E-state index in [2.05, 4.69) is 37.0 Å². The summed E-state index contributed by atoms with van der Waals surface area (Å²) in [5.41, 5.74) is 3.69. The molecule has 0 aromatic heterocycles. The summed E-state index contributed by atoms with van der Waals surface area (Å²) in [6.45, 7) is 6.74. The first-order valence-corrected chi connectivity index (χ1v) is 8.90. The molecule has 0 radical (unpaired) electrons. The predicted molar refractivity (Wildman–Crippen MR) is 98.7 cm³/mol. The SMILES string of the molecule is CC[C@H](C)C1CN(C(c2ccc(C#N)cc2)c2cccc(C#N)c2)C1. The van der Waals surface area contributed by atoms with E-state index in [-0.39, 0.29) is 6.04 Å². The number of benzene rings is 2. The van der Waals surface area contributed by atoms with Crippen LogP contribution in [0.2, 0.25) is 0 Å². The maximum atomic E-state index is 9.24. The third-order valence-corrected chi connectivity index (χ3v) is 5.44. The fourth-order valence-electron chi connectivity index (χ4n) is 3.59. The van der Waals surface area contributed by atoms with Gasteiger partial charge < -0.3 is 0 Å². The van der Waals surface area contributed by atoms with Gasteiger partial charge >= 0.3 is 0 Å². The molecule has 2 aromatic rings. The van der Waals surface area contributed by atoms with E-state index in [4.69, 9.17) is 5.26 Å². The first kappa shape index (κ1) is 17.2. The van der Waals surface area contributed by atoms with Gasteiger partial charge in [-0.2, -0.15) is 10.5 Å². The molecule has 1 aliphatic heterocycles. The predicted octanol–water partition coefficient (Wildman–Crippen LogP) is 4.50. The van der Waals surface area contributed by atoms with Crippen LogP contribution in [0.25, 0.3) is 0 Å². The van der Waals surface area contributed by atoms with Crippen LogP contribution < -0.4 is 0 Å². The molecule has 2 aromatic carbocycles. The molecule has 126 valence electrons. The van der Waals surface area contributed by atoms with E-state index in [9.17, 15) is 5.26 Å². The highest BCUT2D eigenvalue weighted by atomic mass is 15.2. The summed E-state index contributed by atoms with van der Waals surface area (Å²) in [7, 11) is 0. The molecule has 0 spiro atoms. The van der Waals surface area contributed by atoms with Gasteiger partial charge in [0.1, 0.15) is 0 Å². The molecule has 0 amide bonds. The van der Waals surface area contributed by atoms with Crippen molar-refractivity contribution in [3.63, 3.8) is 0 Å². The monoisotopic (exact) mass is 329 g/mol. The van der Waals surface area contributed by atoms with Crippen molar-refractivity contribution in [3.05, 3.63) is 70.8 Å². The summed E-state index contributed by atoms with van der Waals surface area (Å²) >= 11 is 0. The van der Waals surface area contributed by atoms with Crippen molar-refractivity contribution < 1.29 is 0 Å². The van der Waals surface area contributed by atoms with Crippen LogP contribution in [0.3, 0.4) is 0 Å². The third-order valence-electron chi connectivity index (χ3n) is 5.44. The summed E-state index contributed by atoms with van der Waals surface area (Å²) in [5.74, 6) is 1.48. The lowest BCUT2D eigenvalue weighted by Crippen LogP contribution is -2.51.